The number of hydrogen-bond acceptors (Lipinski definition) is 4. The van der Waals surface area contributed by atoms with Crippen molar-refractivity contribution in [3.63, 3.8) is 0 Å². The van der Waals surface area contributed by atoms with Crippen LogP contribution >= 0.6 is 23.2 Å². The Kier molecular flexibility index (Phi) is 7.47. The summed E-state index contributed by atoms with van der Waals surface area (Å²) in [6.45, 7) is 1.70. The summed E-state index contributed by atoms with van der Waals surface area (Å²) in [7, 11) is 3.21. The van der Waals surface area contributed by atoms with Crippen molar-refractivity contribution in [3.8, 4) is 5.75 Å². The van der Waals surface area contributed by atoms with Crippen molar-refractivity contribution < 1.29 is 14.3 Å². The first kappa shape index (κ1) is 21.0. The summed E-state index contributed by atoms with van der Waals surface area (Å²) in [5.41, 5.74) is 0.919. The number of amides is 2. The second kappa shape index (κ2) is 9.60. The van der Waals surface area contributed by atoms with E-state index < -0.39 is 6.04 Å². The molecule has 2 N–H and O–H groups in total. The van der Waals surface area contributed by atoms with Crippen LogP contribution in [-0.4, -0.2) is 43.5 Å². The fraction of sp³-hybridized carbons (Fsp3) is 0.263. The van der Waals surface area contributed by atoms with Gasteiger partial charge in [-0.2, -0.15) is 0 Å². The van der Waals surface area contributed by atoms with E-state index in [1.165, 1.54) is 7.11 Å². The van der Waals surface area contributed by atoms with Crippen molar-refractivity contribution >= 4 is 46.4 Å². The number of nitrogens with one attached hydrogen (secondary N) is 2. The Morgan fingerprint density at radius 2 is 1.70 bits per heavy atom. The largest absolute Gasteiger partial charge is 0.495 e. The highest BCUT2D eigenvalue weighted by molar-refractivity contribution is 6.39. The van der Waals surface area contributed by atoms with Gasteiger partial charge in [0.2, 0.25) is 11.8 Å². The van der Waals surface area contributed by atoms with Crippen LogP contribution in [0.15, 0.2) is 42.5 Å². The van der Waals surface area contributed by atoms with Crippen LogP contribution in [0.1, 0.15) is 6.92 Å². The summed E-state index contributed by atoms with van der Waals surface area (Å²) < 4.78 is 5.22. The molecule has 0 aromatic heterocycles. The molecule has 0 saturated heterocycles. The smallest absolute Gasteiger partial charge is 0.241 e. The number of para-hydroxylation sites is 3. The van der Waals surface area contributed by atoms with Gasteiger partial charge in [0.25, 0.3) is 0 Å². The van der Waals surface area contributed by atoms with E-state index in [1.54, 1.807) is 55.3 Å². The highest BCUT2D eigenvalue weighted by atomic mass is 35.5. The molecule has 1 atom stereocenters. The number of halogens is 2. The van der Waals surface area contributed by atoms with Gasteiger partial charge in [-0.1, -0.05) is 41.4 Å². The molecule has 0 fully saturated rings. The number of methoxy groups -OCH3 is 1. The van der Waals surface area contributed by atoms with E-state index in [0.29, 0.717) is 27.2 Å². The van der Waals surface area contributed by atoms with Gasteiger partial charge in [-0.15, -0.1) is 0 Å². The van der Waals surface area contributed by atoms with E-state index in [0.717, 1.165) is 0 Å². The predicted molar refractivity (Wildman–Crippen MR) is 109 cm³/mol. The molecular weight excluding hydrogens is 389 g/mol. The van der Waals surface area contributed by atoms with Crippen LogP contribution in [0.5, 0.6) is 5.75 Å². The summed E-state index contributed by atoms with van der Waals surface area (Å²) in [6.07, 6.45) is 0. The van der Waals surface area contributed by atoms with Gasteiger partial charge in [0.1, 0.15) is 5.75 Å². The Morgan fingerprint density at radius 3 is 2.33 bits per heavy atom. The van der Waals surface area contributed by atoms with Crippen molar-refractivity contribution in [2.75, 3.05) is 31.3 Å². The van der Waals surface area contributed by atoms with Gasteiger partial charge in [-0.3, -0.25) is 14.5 Å². The molecule has 0 radical (unpaired) electrons. The Balaban J connectivity index is 1.97. The minimum atomic E-state index is -0.553. The number of hydrogen-bond donors (Lipinski definition) is 2. The monoisotopic (exact) mass is 409 g/mol. The maximum atomic E-state index is 12.5. The Hall–Kier alpha value is -2.28. The molecular formula is C19H21Cl2N3O3. The van der Waals surface area contributed by atoms with Gasteiger partial charge >= 0.3 is 0 Å². The number of ether oxygens (including phenoxy) is 1. The average molecular weight is 410 g/mol. The Bertz CT molecular complexity index is 809. The second-order valence-corrected chi connectivity index (χ2v) is 6.74. The summed E-state index contributed by atoms with van der Waals surface area (Å²) >= 11 is 12.1. The lowest BCUT2D eigenvalue weighted by atomic mass is 10.2. The molecule has 2 rings (SSSR count). The van der Waals surface area contributed by atoms with E-state index in [9.17, 15) is 9.59 Å². The molecule has 8 heteroatoms. The zero-order valence-corrected chi connectivity index (χ0v) is 16.8. The zero-order valence-electron chi connectivity index (χ0n) is 15.3. The van der Waals surface area contributed by atoms with Crippen molar-refractivity contribution in [1.82, 2.24) is 4.90 Å². The second-order valence-electron chi connectivity index (χ2n) is 5.93. The van der Waals surface area contributed by atoms with Crippen molar-refractivity contribution in [3.05, 3.63) is 52.5 Å². The van der Waals surface area contributed by atoms with Crippen LogP contribution in [0.4, 0.5) is 11.4 Å². The van der Waals surface area contributed by atoms with Gasteiger partial charge in [0.05, 0.1) is 41.1 Å². The predicted octanol–water partition coefficient (Wildman–Crippen LogP) is 3.90. The minimum absolute atomic E-state index is 0.0118. The van der Waals surface area contributed by atoms with Crippen LogP contribution < -0.4 is 15.4 Å². The molecule has 0 aliphatic heterocycles. The third-order valence-electron chi connectivity index (χ3n) is 4.03. The first-order chi connectivity index (χ1) is 12.8. The summed E-state index contributed by atoms with van der Waals surface area (Å²) in [6, 6.07) is 11.5. The normalized spacial score (nSPS) is 11.8. The Labute approximate surface area is 168 Å². The number of benzene rings is 2. The molecule has 2 aromatic carbocycles. The van der Waals surface area contributed by atoms with E-state index in [4.69, 9.17) is 27.9 Å². The van der Waals surface area contributed by atoms with Crippen molar-refractivity contribution in [2.24, 2.45) is 0 Å². The van der Waals surface area contributed by atoms with Gasteiger partial charge in [0, 0.05) is 0 Å². The first-order valence-corrected chi connectivity index (χ1v) is 8.97. The van der Waals surface area contributed by atoms with Gasteiger partial charge in [-0.05, 0) is 38.2 Å². The van der Waals surface area contributed by atoms with Crippen LogP contribution in [0.2, 0.25) is 10.0 Å². The number of carbonyl (C=O) groups is 2. The van der Waals surface area contributed by atoms with E-state index in [2.05, 4.69) is 10.6 Å². The van der Waals surface area contributed by atoms with E-state index >= 15 is 0 Å². The van der Waals surface area contributed by atoms with Crippen LogP contribution in [0.25, 0.3) is 0 Å². The lowest BCUT2D eigenvalue weighted by Gasteiger charge is -2.24. The number of likely N-dealkylation sites (N-methyl/N-ethyl adjacent to an activating group) is 1. The fourth-order valence-corrected chi connectivity index (χ4v) is 2.84. The zero-order chi connectivity index (χ0) is 20.0. The molecule has 0 spiro atoms. The number of nitrogens with zero attached hydrogens (tertiary/aromatic N) is 1. The molecule has 2 amide bonds. The SMILES string of the molecule is COc1ccccc1NC(=O)[C@@H](C)N(C)CC(=O)Nc1c(Cl)cccc1Cl. The van der Waals surface area contributed by atoms with E-state index in [-0.39, 0.29) is 18.4 Å². The van der Waals surface area contributed by atoms with Crippen LogP contribution in [0, 0.1) is 0 Å². The molecule has 0 aliphatic rings. The third kappa shape index (κ3) is 5.60. The molecule has 0 unspecified atom stereocenters. The fourth-order valence-electron chi connectivity index (χ4n) is 2.34. The summed E-state index contributed by atoms with van der Waals surface area (Å²) in [5.74, 6) is -0.0261. The van der Waals surface area contributed by atoms with Gasteiger partial charge in [-0.25, -0.2) is 0 Å². The molecule has 27 heavy (non-hydrogen) atoms. The van der Waals surface area contributed by atoms with Crippen molar-refractivity contribution in [1.29, 1.82) is 0 Å². The molecule has 144 valence electrons. The molecule has 0 heterocycles. The summed E-state index contributed by atoms with van der Waals surface area (Å²) in [5, 5.41) is 6.17. The minimum Gasteiger partial charge on any atom is -0.495 e. The van der Waals surface area contributed by atoms with E-state index in [1.807, 2.05) is 6.07 Å². The lowest BCUT2D eigenvalue weighted by molar-refractivity contribution is -0.122. The standard InChI is InChI=1S/C19H21Cl2N3O3/c1-12(19(26)22-15-9-4-5-10-16(15)27-3)24(2)11-17(25)23-18-13(20)7-6-8-14(18)21/h4-10,12H,11H2,1-3H3,(H,22,26)(H,23,25)/t12-/m1/s1. The topological polar surface area (TPSA) is 70.7 Å². The maximum Gasteiger partial charge on any atom is 0.241 e. The molecule has 6 nitrogen and oxygen atoms in total. The number of rotatable bonds is 7. The van der Waals surface area contributed by atoms with Gasteiger partial charge in [0.15, 0.2) is 0 Å². The van der Waals surface area contributed by atoms with Crippen molar-refractivity contribution in [2.45, 2.75) is 13.0 Å². The third-order valence-corrected chi connectivity index (χ3v) is 4.66. The maximum absolute atomic E-state index is 12.5. The quantitative estimate of drug-likeness (QED) is 0.727. The molecule has 0 saturated carbocycles. The molecule has 2 aromatic rings. The highest BCUT2D eigenvalue weighted by Gasteiger charge is 2.21. The first-order valence-electron chi connectivity index (χ1n) is 8.21. The Morgan fingerprint density at radius 1 is 1.07 bits per heavy atom. The van der Waals surface area contributed by atoms with Gasteiger partial charge < -0.3 is 15.4 Å². The summed E-state index contributed by atoms with van der Waals surface area (Å²) in [4.78, 5) is 26.4. The van der Waals surface area contributed by atoms with Crippen LogP contribution in [0.3, 0.4) is 0 Å². The molecule has 0 bridgehead atoms. The molecule has 0 aliphatic carbocycles. The highest BCUT2D eigenvalue weighted by Crippen LogP contribution is 2.29. The lowest BCUT2D eigenvalue weighted by Crippen LogP contribution is -2.43. The number of carbonyl (C=O) groups excluding carboxylic acids is 2. The average Bonchev–Trinajstić information content (AvgIpc) is 2.64. The number of anilines is 2. The van der Waals surface area contributed by atoms with Crippen LogP contribution in [-0.2, 0) is 9.59 Å².